The third-order valence-electron chi connectivity index (χ3n) is 10.2. The molecule has 6 atom stereocenters. The molecule has 0 saturated heterocycles. The van der Waals surface area contributed by atoms with Crippen molar-refractivity contribution in [3.8, 4) is 0 Å². The Bertz CT molecular complexity index is 1010. The summed E-state index contributed by atoms with van der Waals surface area (Å²) >= 11 is 0. The Morgan fingerprint density at radius 2 is 1.56 bits per heavy atom. The topological polar surface area (TPSA) is 80.9 Å². The molecule has 236 valence electrons. The standard InChI is InChI=1S/C31H46F6O4/c1-19-21(16-22(38)17-24(19)39)10-9-20-8-6-15-28(5)23(20)11-12-25(28)27(4,14-7-13-26(2,3)40)18-29(41,30(32,33)34)31(35,36)37/h9-10,22-25,38-41H,1,6-8,11-18H2,2-5H3/b20-9+,21-10-/t22?,23?,24-,25+,27+,28-/m0/s1. The lowest BCUT2D eigenvalue weighted by Gasteiger charge is -2.51. The van der Waals surface area contributed by atoms with Crippen LogP contribution >= 0.6 is 0 Å². The fourth-order valence-electron chi connectivity index (χ4n) is 8.11. The second kappa shape index (κ2) is 11.6. The fraction of sp³-hybridized carbons (Fsp3) is 0.806. The summed E-state index contributed by atoms with van der Waals surface area (Å²) in [6.07, 6.45) is -7.00. The molecule has 0 bridgehead atoms. The predicted molar refractivity (Wildman–Crippen MR) is 145 cm³/mol. The molecule has 3 aliphatic rings. The number of allylic oxidation sites excluding steroid dienone is 3. The number of hydrogen-bond donors (Lipinski definition) is 4. The van der Waals surface area contributed by atoms with Crippen molar-refractivity contribution in [2.45, 2.75) is 134 Å². The monoisotopic (exact) mass is 596 g/mol. The molecule has 3 aliphatic carbocycles. The molecule has 3 saturated carbocycles. The Morgan fingerprint density at radius 3 is 2.12 bits per heavy atom. The lowest BCUT2D eigenvalue weighted by molar-refractivity contribution is -0.378. The van der Waals surface area contributed by atoms with Gasteiger partial charge in [0, 0.05) is 6.42 Å². The van der Waals surface area contributed by atoms with E-state index in [4.69, 9.17) is 0 Å². The summed E-state index contributed by atoms with van der Waals surface area (Å²) in [5.74, 6) is -0.592. The molecule has 4 nitrogen and oxygen atoms in total. The quantitative estimate of drug-likeness (QED) is 0.221. The molecule has 41 heavy (non-hydrogen) atoms. The Labute approximate surface area is 239 Å². The van der Waals surface area contributed by atoms with Crippen molar-refractivity contribution in [1.82, 2.24) is 0 Å². The van der Waals surface area contributed by atoms with Gasteiger partial charge in [0.1, 0.15) is 0 Å². The maximum absolute atomic E-state index is 13.9. The maximum atomic E-state index is 13.9. The normalized spacial score (nSPS) is 33.8. The van der Waals surface area contributed by atoms with Crippen LogP contribution in [0.2, 0.25) is 0 Å². The minimum atomic E-state index is -5.90. The highest BCUT2D eigenvalue weighted by atomic mass is 19.4. The molecular formula is C31H46F6O4. The second-order valence-electron chi connectivity index (χ2n) is 14.0. The van der Waals surface area contributed by atoms with Gasteiger partial charge in [0.2, 0.25) is 0 Å². The van der Waals surface area contributed by atoms with Crippen LogP contribution in [0.4, 0.5) is 26.3 Å². The molecule has 3 fully saturated rings. The van der Waals surface area contributed by atoms with Crippen LogP contribution in [0.15, 0.2) is 35.5 Å². The van der Waals surface area contributed by atoms with Gasteiger partial charge in [-0.05, 0) is 105 Å². The van der Waals surface area contributed by atoms with E-state index in [9.17, 15) is 46.8 Å². The minimum absolute atomic E-state index is 0.00284. The van der Waals surface area contributed by atoms with Gasteiger partial charge in [-0.25, -0.2) is 0 Å². The first-order valence-electron chi connectivity index (χ1n) is 14.6. The zero-order chi connectivity index (χ0) is 31.2. The molecule has 10 heteroatoms. The molecule has 0 heterocycles. The van der Waals surface area contributed by atoms with Gasteiger partial charge in [0.15, 0.2) is 0 Å². The van der Waals surface area contributed by atoms with Crippen LogP contribution in [-0.2, 0) is 0 Å². The Balaban J connectivity index is 1.99. The van der Waals surface area contributed by atoms with E-state index < -0.39 is 58.9 Å². The van der Waals surface area contributed by atoms with Crippen molar-refractivity contribution in [3.05, 3.63) is 35.5 Å². The smallest absolute Gasteiger partial charge is 0.393 e. The Kier molecular flexibility index (Phi) is 9.67. The third-order valence-corrected chi connectivity index (χ3v) is 10.2. The first-order chi connectivity index (χ1) is 18.5. The van der Waals surface area contributed by atoms with E-state index in [0.717, 1.165) is 17.6 Å². The van der Waals surface area contributed by atoms with E-state index in [1.54, 1.807) is 13.8 Å². The summed E-state index contributed by atoms with van der Waals surface area (Å²) in [5, 5.41) is 40.8. The molecule has 0 aromatic rings. The first kappa shape index (κ1) is 34.1. The average Bonchev–Trinajstić information content (AvgIpc) is 3.16. The minimum Gasteiger partial charge on any atom is -0.393 e. The molecule has 4 N–H and O–H groups in total. The van der Waals surface area contributed by atoms with Gasteiger partial charge in [-0.2, -0.15) is 26.3 Å². The molecule has 0 aromatic carbocycles. The zero-order valence-electron chi connectivity index (χ0n) is 24.5. The first-order valence-corrected chi connectivity index (χ1v) is 14.6. The van der Waals surface area contributed by atoms with Crippen LogP contribution < -0.4 is 0 Å². The number of aliphatic hydroxyl groups excluding tert-OH is 2. The van der Waals surface area contributed by atoms with Crippen LogP contribution in [-0.4, -0.2) is 56.2 Å². The molecule has 0 radical (unpaired) electrons. The zero-order valence-corrected chi connectivity index (χ0v) is 24.5. The van der Waals surface area contributed by atoms with Crippen LogP contribution in [0.3, 0.4) is 0 Å². The van der Waals surface area contributed by atoms with E-state index in [-0.39, 0.29) is 31.6 Å². The van der Waals surface area contributed by atoms with Crippen LogP contribution in [0, 0.1) is 22.7 Å². The lowest BCUT2D eigenvalue weighted by atomic mass is 9.54. The van der Waals surface area contributed by atoms with Crippen molar-refractivity contribution >= 4 is 0 Å². The molecule has 2 unspecified atom stereocenters. The SMILES string of the molecule is C=C1/C(=C\C=C2/CCC[C@@]3(C)C2CC[C@@H]3[C@](C)(CCCC(C)(C)O)CC(O)(C(F)(F)F)C(F)(F)F)CC(O)C[C@@H]1O. The van der Waals surface area contributed by atoms with E-state index >= 15 is 0 Å². The van der Waals surface area contributed by atoms with Gasteiger partial charge in [-0.3, -0.25) is 0 Å². The van der Waals surface area contributed by atoms with E-state index in [1.807, 2.05) is 19.1 Å². The third kappa shape index (κ3) is 7.07. The summed E-state index contributed by atoms with van der Waals surface area (Å²) in [5.41, 5.74) is -5.77. The number of alkyl halides is 6. The molecule has 0 aromatic heterocycles. The summed E-state index contributed by atoms with van der Waals surface area (Å²) < 4.78 is 83.5. The predicted octanol–water partition coefficient (Wildman–Crippen LogP) is 7.32. The Morgan fingerprint density at radius 1 is 0.951 bits per heavy atom. The number of aliphatic hydroxyl groups is 4. The number of fused-ring (bicyclic) bond motifs is 1. The molecule has 3 rings (SSSR count). The molecule has 0 aliphatic heterocycles. The highest BCUT2D eigenvalue weighted by molar-refractivity contribution is 5.38. The average molecular weight is 597 g/mol. The van der Waals surface area contributed by atoms with E-state index in [1.165, 1.54) is 6.92 Å². The van der Waals surface area contributed by atoms with E-state index in [2.05, 4.69) is 6.58 Å². The number of hydrogen-bond acceptors (Lipinski definition) is 4. The van der Waals surface area contributed by atoms with Crippen molar-refractivity contribution < 1.29 is 46.8 Å². The van der Waals surface area contributed by atoms with Gasteiger partial charge in [0.05, 0.1) is 17.8 Å². The maximum Gasteiger partial charge on any atom is 0.426 e. The lowest BCUT2D eigenvalue weighted by Crippen LogP contribution is -2.60. The fourth-order valence-corrected chi connectivity index (χ4v) is 8.11. The van der Waals surface area contributed by atoms with Gasteiger partial charge in [-0.15, -0.1) is 0 Å². The largest absolute Gasteiger partial charge is 0.426 e. The summed E-state index contributed by atoms with van der Waals surface area (Å²) in [4.78, 5) is 0. The second-order valence-corrected chi connectivity index (χ2v) is 14.0. The van der Waals surface area contributed by atoms with E-state index in [0.29, 0.717) is 37.7 Å². The van der Waals surface area contributed by atoms with Gasteiger partial charge in [0.25, 0.3) is 5.60 Å². The summed E-state index contributed by atoms with van der Waals surface area (Å²) in [7, 11) is 0. The van der Waals surface area contributed by atoms with Crippen molar-refractivity contribution in [3.63, 3.8) is 0 Å². The number of rotatable bonds is 8. The highest BCUT2D eigenvalue weighted by Crippen LogP contribution is 2.65. The Hall–Kier alpha value is -1.36. The summed E-state index contributed by atoms with van der Waals surface area (Å²) in [6, 6.07) is 0. The van der Waals surface area contributed by atoms with Crippen molar-refractivity contribution in [2.75, 3.05) is 0 Å². The van der Waals surface area contributed by atoms with Gasteiger partial charge >= 0.3 is 12.4 Å². The molecule has 0 spiro atoms. The van der Waals surface area contributed by atoms with Gasteiger partial charge in [-0.1, -0.05) is 44.6 Å². The molecular weight excluding hydrogens is 550 g/mol. The van der Waals surface area contributed by atoms with Crippen LogP contribution in [0.25, 0.3) is 0 Å². The summed E-state index contributed by atoms with van der Waals surface area (Å²) in [6.45, 7) is 10.4. The van der Waals surface area contributed by atoms with Crippen molar-refractivity contribution in [1.29, 1.82) is 0 Å². The van der Waals surface area contributed by atoms with Gasteiger partial charge < -0.3 is 20.4 Å². The van der Waals surface area contributed by atoms with Crippen LogP contribution in [0.5, 0.6) is 0 Å². The number of halogens is 6. The van der Waals surface area contributed by atoms with Crippen LogP contribution in [0.1, 0.15) is 98.3 Å². The van der Waals surface area contributed by atoms with Crippen molar-refractivity contribution in [2.24, 2.45) is 22.7 Å². The highest BCUT2D eigenvalue weighted by Gasteiger charge is 2.72. The molecule has 0 amide bonds.